The van der Waals surface area contributed by atoms with Gasteiger partial charge in [-0.2, -0.15) is 0 Å². The van der Waals surface area contributed by atoms with Crippen molar-refractivity contribution in [3.8, 4) is 0 Å². The molecule has 36 heavy (non-hydrogen) atoms. The van der Waals surface area contributed by atoms with E-state index in [-0.39, 0.29) is 29.7 Å². The summed E-state index contributed by atoms with van der Waals surface area (Å²) in [7, 11) is 0. The molecule has 2 aromatic carbocycles. The molecule has 1 N–H and O–H groups in total. The molecule has 8 heteroatoms. The number of nitrogens with zero attached hydrogens (tertiary/aromatic N) is 2. The van der Waals surface area contributed by atoms with Crippen LogP contribution in [0.1, 0.15) is 54.1 Å². The maximum Gasteiger partial charge on any atom is 0.259 e. The van der Waals surface area contributed by atoms with Crippen LogP contribution in [0, 0.1) is 35.2 Å². The number of amides is 2. The molecule has 2 aromatic rings. The topological polar surface area (TPSA) is 52.7 Å². The lowest BCUT2D eigenvalue weighted by molar-refractivity contribution is -0.125. The van der Waals surface area contributed by atoms with Crippen LogP contribution in [-0.2, 0) is 4.79 Å². The van der Waals surface area contributed by atoms with Gasteiger partial charge in [-0.1, -0.05) is 43.2 Å². The molecule has 0 radical (unpaired) electrons. The molecule has 1 aliphatic carbocycles. The normalized spacial score (nSPS) is 23.1. The maximum atomic E-state index is 14.1. The van der Waals surface area contributed by atoms with Gasteiger partial charge < -0.3 is 15.1 Å². The molecule has 2 heterocycles. The van der Waals surface area contributed by atoms with E-state index in [0.717, 1.165) is 57.3 Å². The highest BCUT2D eigenvalue weighted by atomic mass is 19.1. The third kappa shape index (κ3) is 5.28. The van der Waals surface area contributed by atoms with Crippen molar-refractivity contribution in [3.63, 3.8) is 0 Å². The summed E-state index contributed by atoms with van der Waals surface area (Å²) in [6.45, 7) is 3.25. The van der Waals surface area contributed by atoms with Gasteiger partial charge in [-0.25, -0.2) is 13.2 Å². The highest BCUT2D eigenvalue weighted by Gasteiger charge is 2.42. The Morgan fingerprint density at radius 3 is 2.14 bits per heavy atom. The van der Waals surface area contributed by atoms with E-state index in [0.29, 0.717) is 25.2 Å². The van der Waals surface area contributed by atoms with E-state index in [4.69, 9.17) is 0 Å². The summed E-state index contributed by atoms with van der Waals surface area (Å²) in [4.78, 5) is 29.4. The highest BCUT2D eigenvalue weighted by molar-refractivity contribution is 5.95. The van der Waals surface area contributed by atoms with Gasteiger partial charge in [0.15, 0.2) is 0 Å². The first kappa shape index (κ1) is 24.8. The van der Waals surface area contributed by atoms with Crippen molar-refractivity contribution in [2.45, 2.75) is 38.1 Å². The lowest BCUT2D eigenvalue weighted by Gasteiger charge is -2.26. The molecular formula is C28H32F3N3O2. The molecule has 3 fully saturated rings. The van der Waals surface area contributed by atoms with Crippen LogP contribution >= 0.6 is 0 Å². The standard InChI is InChI=1S/C28H32F3N3O2/c29-22-12-23(30)26(24(31)13-22)28(36)34-16-20-14-33(15-21(20)17-34)11-10-25(18-6-2-1-3-7-18)32-27(35)19-8-4-5-9-19/h1-3,6-7,12-13,19-21,25H,4-5,8-11,14-17H2,(H,32,35)/t20?,21?,25-/m0/s1. The predicted molar refractivity (Wildman–Crippen MR) is 130 cm³/mol. The van der Waals surface area contributed by atoms with Crippen LogP contribution in [0.15, 0.2) is 42.5 Å². The smallest absolute Gasteiger partial charge is 0.259 e. The Labute approximate surface area is 209 Å². The summed E-state index contributed by atoms with van der Waals surface area (Å²) >= 11 is 0. The predicted octanol–water partition coefficient (Wildman–Crippen LogP) is 4.55. The van der Waals surface area contributed by atoms with Gasteiger partial charge in [0.25, 0.3) is 5.91 Å². The summed E-state index contributed by atoms with van der Waals surface area (Å²) in [6, 6.07) is 11.1. The van der Waals surface area contributed by atoms with Crippen LogP contribution in [0.3, 0.4) is 0 Å². The number of hydrogen-bond acceptors (Lipinski definition) is 3. The number of halogens is 3. The van der Waals surface area contributed by atoms with Crippen molar-refractivity contribution in [2.75, 3.05) is 32.7 Å². The number of carbonyl (C=O) groups excluding carboxylic acids is 2. The van der Waals surface area contributed by atoms with Crippen molar-refractivity contribution >= 4 is 11.8 Å². The first-order valence-corrected chi connectivity index (χ1v) is 12.9. The zero-order valence-electron chi connectivity index (χ0n) is 20.3. The van der Waals surface area contributed by atoms with Crippen LogP contribution in [0.4, 0.5) is 13.2 Å². The zero-order valence-corrected chi connectivity index (χ0v) is 20.3. The van der Waals surface area contributed by atoms with E-state index in [1.54, 1.807) is 0 Å². The van der Waals surface area contributed by atoms with Gasteiger partial charge in [-0.15, -0.1) is 0 Å². The van der Waals surface area contributed by atoms with E-state index in [1.165, 1.54) is 4.90 Å². The number of carbonyl (C=O) groups is 2. The van der Waals surface area contributed by atoms with E-state index in [9.17, 15) is 22.8 Å². The molecule has 0 aromatic heterocycles. The number of hydrogen-bond donors (Lipinski definition) is 1. The molecule has 3 atom stereocenters. The quantitative estimate of drug-likeness (QED) is 0.609. The van der Waals surface area contributed by atoms with Crippen LogP contribution in [0.25, 0.3) is 0 Å². The van der Waals surface area contributed by atoms with Crippen LogP contribution in [-0.4, -0.2) is 54.3 Å². The minimum atomic E-state index is -1.16. The summed E-state index contributed by atoms with van der Waals surface area (Å²) in [5.41, 5.74) is 0.417. The average molecular weight is 500 g/mol. The third-order valence-electron chi connectivity index (χ3n) is 8.05. The monoisotopic (exact) mass is 499 g/mol. The van der Waals surface area contributed by atoms with Crippen molar-refractivity contribution in [2.24, 2.45) is 17.8 Å². The van der Waals surface area contributed by atoms with Crippen molar-refractivity contribution in [3.05, 3.63) is 71.0 Å². The Morgan fingerprint density at radius 2 is 1.53 bits per heavy atom. The SMILES string of the molecule is O=C(N[C@@H](CCN1CC2CN(C(=O)c3c(F)cc(F)cc3F)CC2C1)c1ccccc1)C1CCCC1. The second-order valence-electron chi connectivity index (χ2n) is 10.5. The molecule has 5 nitrogen and oxygen atoms in total. The van der Waals surface area contributed by atoms with Gasteiger partial charge in [-0.05, 0) is 36.7 Å². The van der Waals surface area contributed by atoms with Crippen molar-refractivity contribution < 1.29 is 22.8 Å². The fourth-order valence-corrected chi connectivity index (χ4v) is 6.14. The van der Waals surface area contributed by atoms with Gasteiger partial charge >= 0.3 is 0 Å². The van der Waals surface area contributed by atoms with E-state index in [2.05, 4.69) is 22.3 Å². The molecule has 0 spiro atoms. The molecule has 192 valence electrons. The maximum absolute atomic E-state index is 14.1. The lowest BCUT2D eigenvalue weighted by atomic mass is 10.0. The van der Waals surface area contributed by atoms with Gasteiger partial charge in [0.05, 0.1) is 6.04 Å². The minimum Gasteiger partial charge on any atom is -0.349 e. The minimum absolute atomic E-state index is 0.0535. The molecule has 5 rings (SSSR count). The second kappa shape index (κ2) is 10.6. The number of likely N-dealkylation sites (tertiary alicyclic amines) is 2. The fourth-order valence-electron chi connectivity index (χ4n) is 6.14. The number of fused-ring (bicyclic) bond motifs is 1. The lowest BCUT2D eigenvalue weighted by Crippen LogP contribution is -2.37. The molecule has 1 saturated carbocycles. The van der Waals surface area contributed by atoms with Crippen molar-refractivity contribution in [1.29, 1.82) is 0 Å². The van der Waals surface area contributed by atoms with Crippen LogP contribution in [0.5, 0.6) is 0 Å². The molecule has 2 unspecified atom stereocenters. The zero-order chi connectivity index (χ0) is 25.2. The average Bonchev–Trinajstić information content (AvgIpc) is 3.58. The van der Waals surface area contributed by atoms with Crippen LogP contribution < -0.4 is 5.32 Å². The molecule has 3 aliphatic rings. The second-order valence-corrected chi connectivity index (χ2v) is 10.5. The molecule has 0 bridgehead atoms. The first-order valence-electron chi connectivity index (χ1n) is 12.9. The molecular weight excluding hydrogens is 467 g/mol. The fraction of sp³-hybridized carbons (Fsp3) is 0.500. The number of nitrogens with one attached hydrogen (secondary N) is 1. The summed E-state index contributed by atoms with van der Waals surface area (Å²) in [5.74, 6) is -3.37. The van der Waals surface area contributed by atoms with Gasteiger partial charge in [0.2, 0.25) is 5.91 Å². The molecule has 2 aliphatic heterocycles. The summed E-state index contributed by atoms with van der Waals surface area (Å²) in [5, 5.41) is 3.29. The number of rotatable bonds is 7. The Hall–Kier alpha value is -2.87. The Morgan fingerprint density at radius 1 is 0.917 bits per heavy atom. The summed E-state index contributed by atoms with van der Waals surface area (Å²) < 4.78 is 41.4. The van der Waals surface area contributed by atoms with Gasteiger partial charge in [0, 0.05) is 50.8 Å². The van der Waals surface area contributed by atoms with E-state index < -0.39 is 28.9 Å². The van der Waals surface area contributed by atoms with Gasteiger partial charge in [0.1, 0.15) is 23.0 Å². The molecule has 2 amide bonds. The Balaban J connectivity index is 1.17. The number of benzene rings is 2. The third-order valence-corrected chi connectivity index (χ3v) is 8.05. The largest absolute Gasteiger partial charge is 0.349 e. The van der Waals surface area contributed by atoms with E-state index >= 15 is 0 Å². The highest BCUT2D eigenvalue weighted by Crippen LogP contribution is 2.33. The summed E-state index contributed by atoms with van der Waals surface area (Å²) in [6.07, 6.45) is 4.94. The first-order chi connectivity index (χ1) is 17.4. The van der Waals surface area contributed by atoms with Crippen molar-refractivity contribution in [1.82, 2.24) is 15.1 Å². The molecule has 2 saturated heterocycles. The Bertz CT molecular complexity index is 1070. The van der Waals surface area contributed by atoms with Crippen LogP contribution in [0.2, 0.25) is 0 Å². The van der Waals surface area contributed by atoms with E-state index in [1.807, 2.05) is 18.2 Å². The Kier molecular flexibility index (Phi) is 7.32. The van der Waals surface area contributed by atoms with Gasteiger partial charge in [-0.3, -0.25) is 9.59 Å².